The maximum absolute atomic E-state index is 12.6. The van der Waals surface area contributed by atoms with Gasteiger partial charge in [0.15, 0.2) is 0 Å². The quantitative estimate of drug-likeness (QED) is 0.855. The lowest BCUT2D eigenvalue weighted by atomic mass is 9.79. The van der Waals surface area contributed by atoms with Crippen LogP contribution in [0.5, 0.6) is 5.75 Å². The molecule has 1 aromatic carbocycles. The lowest BCUT2D eigenvalue weighted by Gasteiger charge is -2.34. The smallest absolute Gasteiger partial charge is 0.254 e. The molecule has 0 aromatic heterocycles. The first-order valence-electron chi connectivity index (χ1n) is 9.92. The van der Waals surface area contributed by atoms with Crippen LogP contribution >= 0.6 is 11.6 Å². The average Bonchev–Trinajstić information content (AvgIpc) is 3.36. The maximum atomic E-state index is 12.6. The Balaban J connectivity index is 1.27. The number of aromatic hydroxyl groups is 1. The van der Waals surface area contributed by atoms with E-state index >= 15 is 0 Å². The van der Waals surface area contributed by atoms with Crippen LogP contribution in [-0.2, 0) is 4.79 Å². The van der Waals surface area contributed by atoms with Crippen LogP contribution in [0, 0.1) is 17.3 Å². The van der Waals surface area contributed by atoms with Crippen molar-refractivity contribution in [3.05, 3.63) is 28.8 Å². The van der Waals surface area contributed by atoms with E-state index in [1.54, 1.807) is 6.07 Å². The summed E-state index contributed by atoms with van der Waals surface area (Å²) in [5, 5.41) is 10.0. The number of carbonyl (C=O) groups is 2. The van der Waals surface area contributed by atoms with Crippen molar-refractivity contribution in [1.29, 1.82) is 0 Å². The van der Waals surface area contributed by atoms with E-state index in [1.807, 2.05) is 16.8 Å². The van der Waals surface area contributed by atoms with E-state index in [0.29, 0.717) is 40.9 Å². The molecule has 5 nitrogen and oxygen atoms in total. The van der Waals surface area contributed by atoms with Gasteiger partial charge in [0.25, 0.3) is 5.91 Å². The van der Waals surface area contributed by atoms with Gasteiger partial charge in [0, 0.05) is 43.2 Å². The molecular weight excluding hydrogens is 364 g/mol. The third-order valence-electron chi connectivity index (χ3n) is 6.78. The number of amides is 2. The highest BCUT2D eigenvalue weighted by Crippen LogP contribution is 2.65. The fraction of sp³-hybridized carbons (Fsp3) is 0.619. The summed E-state index contributed by atoms with van der Waals surface area (Å²) in [5.41, 5.74) is 0.800. The van der Waals surface area contributed by atoms with Gasteiger partial charge in [0.2, 0.25) is 5.91 Å². The molecule has 1 aliphatic heterocycles. The number of halogens is 1. The van der Waals surface area contributed by atoms with Gasteiger partial charge >= 0.3 is 0 Å². The van der Waals surface area contributed by atoms with Gasteiger partial charge in [-0.25, -0.2) is 0 Å². The number of phenols is 1. The Morgan fingerprint density at radius 2 is 1.96 bits per heavy atom. The van der Waals surface area contributed by atoms with Gasteiger partial charge in [-0.1, -0.05) is 18.0 Å². The summed E-state index contributed by atoms with van der Waals surface area (Å²) in [6.45, 7) is 2.13. The van der Waals surface area contributed by atoms with Crippen LogP contribution in [0.3, 0.4) is 0 Å². The second-order valence-corrected chi connectivity index (χ2v) is 9.06. The van der Waals surface area contributed by atoms with Gasteiger partial charge in [0.05, 0.1) is 0 Å². The second kappa shape index (κ2) is 7.01. The highest BCUT2D eigenvalue weighted by Gasteiger charge is 2.61. The lowest BCUT2D eigenvalue weighted by molar-refractivity contribution is -0.133. The average molecular weight is 391 g/mol. The predicted molar refractivity (Wildman–Crippen MR) is 104 cm³/mol. The van der Waals surface area contributed by atoms with E-state index in [-0.39, 0.29) is 17.6 Å². The Labute approximate surface area is 165 Å². The van der Waals surface area contributed by atoms with E-state index in [2.05, 4.69) is 0 Å². The molecule has 0 radical (unpaired) electrons. The predicted octanol–water partition coefficient (Wildman–Crippen LogP) is 3.55. The summed E-state index contributed by atoms with van der Waals surface area (Å²) in [5.74, 6) is 0.939. The molecule has 1 N–H and O–H groups in total. The van der Waals surface area contributed by atoms with Gasteiger partial charge in [-0.3, -0.25) is 9.59 Å². The van der Waals surface area contributed by atoms with Crippen molar-refractivity contribution < 1.29 is 14.7 Å². The summed E-state index contributed by atoms with van der Waals surface area (Å²) >= 11 is 5.94. The molecule has 1 unspecified atom stereocenters. The van der Waals surface area contributed by atoms with Crippen LogP contribution in [0.2, 0.25) is 5.02 Å². The lowest BCUT2D eigenvalue weighted by Crippen LogP contribution is -2.42. The minimum Gasteiger partial charge on any atom is -0.508 e. The minimum absolute atomic E-state index is 0.00480. The Morgan fingerprint density at radius 1 is 1.26 bits per heavy atom. The molecule has 6 heteroatoms. The van der Waals surface area contributed by atoms with E-state index < -0.39 is 0 Å². The zero-order chi connectivity index (χ0) is 19.2. The number of carbonyl (C=O) groups excluding carboxylic acids is 2. The van der Waals surface area contributed by atoms with Gasteiger partial charge in [-0.15, -0.1) is 0 Å². The fourth-order valence-corrected chi connectivity index (χ4v) is 5.05. The van der Waals surface area contributed by atoms with Gasteiger partial charge in [-0.2, -0.15) is 0 Å². The summed E-state index contributed by atoms with van der Waals surface area (Å²) in [7, 11) is 1.93. The molecule has 4 rings (SSSR count). The number of nitrogens with zero attached hydrogens (tertiary/aromatic N) is 2. The van der Waals surface area contributed by atoms with E-state index in [4.69, 9.17) is 11.6 Å². The zero-order valence-corrected chi connectivity index (χ0v) is 16.5. The topological polar surface area (TPSA) is 60.9 Å². The van der Waals surface area contributed by atoms with Crippen LogP contribution in [0.1, 0.15) is 48.9 Å². The molecule has 1 atom stereocenters. The Hall–Kier alpha value is -1.75. The molecule has 1 spiro atoms. The van der Waals surface area contributed by atoms with Crippen molar-refractivity contribution >= 4 is 23.4 Å². The first kappa shape index (κ1) is 18.6. The van der Waals surface area contributed by atoms with E-state index in [9.17, 15) is 14.7 Å². The van der Waals surface area contributed by atoms with Gasteiger partial charge in [-0.05, 0) is 61.6 Å². The third-order valence-corrected chi connectivity index (χ3v) is 6.99. The van der Waals surface area contributed by atoms with E-state index in [0.717, 1.165) is 25.8 Å². The normalized spacial score (nSPS) is 23.8. The highest BCUT2D eigenvalue weighted by atomic mass is 35.5. The Kier molecular flexibility index (Phi) is 4.83. The molecule has 3 fully saturated rings. The first-order chi connectivity index (χ1) is 12.9. The molecule has 3 aliphatic rings. The third kappa shape index (κ3) is 3.66. The molecule has 27 heavy (non-hydrogen) atoms. The number of rotatable bonds is 4. The molecule has 0 bridgehead atoms. The summed E-state index contributed by atoms with van der Waals surface area (Å²) in [6.07, 6.45) is 6.63. The number of phenolic OH excluding ortho intramolecular Hbond substituents is 1. The first-order valence-corrected chi connectivity index (χ1v) is 10.3. The molecular formula is C21H27ClN2O3. The number of hydrogen-bond donors (Lipinski definition) is 1. The molecule has 146 valence electrons. The zero-order valence-electron chi connectivity index (χ0n) is 15.8. The molecule has 2 amide bonds. The van der Waals surface area contributed by atoms with Crippen LogP contribution in [0.25, 0.3) is 0 Å². The van der Waals surface area contributed by atoms with Crippen molar-refractivity contribution in [2.45, 2.75) is 38.5 Å². The molecule has 1 heterocycles. The highest BCUT2D eigenvalue weighted by molar-refractivity contribution is 6.31. The number of benzene rings is 1. The number of hydrogen-bond acceptors (Lipinski definition) is 3. The van der Waals surface area contributed by atoms with Gasteiger partial charge in [0.1, 0.15) is 5.75 Å². The van der Waals surface area contributed by atoms with Gasteiger partial charge < -0.3 is 14.9 Å². The Bertz CT molecular complexity index is 734. The van der Waals surface area contributed by atoms with Crippen LogP contribution in [0.15, 0.2) is 18.2 Å². The molecule has 2 aliphatic carbocycles. The number of piperidine rings is 1. The van der Waals surface area contributed by atoms with Crippen molar-refractivity contribution in [2.24, 2.45) is 17.3 Å². The maximum Gasteiger partial charge on any atom is 0.254 e. The standard InChI is InChI=1S/C21H27ClN2O3/c1-23(20(27)18-12-21(18)5-2-6-21)13-14-3-7-24(8-4-14)19(26)15-9-16(22)11-17(25)10-15/h9-11,14,18,25H,2-8,12-13H2,1H3. The molecule has 1 aromatic rings. The summed E-state index contributed by atoms with van der Waals surface area (Å²) in [6, 6.07) is 4.47. The van der Waals surface area contributed by atoms with E-state index in [1.165, 1.54) is 31.4 Å². The van der Waals surface area contributed by atoms with Crippen LogP contribution in [0.4, 0.5) is 0 Å². The Morgan fingerprint density at radius 3 is 2.52 bits per heavy atom. The molecule has 2 saturated carbocycles. The summed E-state index contributed by atoms with van der Waals surface area (Å²) < 4.78 is 0. The van der Waals surface area contributed by atoms with Crippen LogP contribution in [-0.4, -0.2) is 53.4 Å². The SMILES string of the molecule is CN(CC1CCN(C(=O)c2cc(O)cc(Cl)c2)CC1)C(=O)C1CC12CCC2. The van der Waals surface area contributed by atoms with Crippen molar-refractivity contribution in [3.63, 3.8) is 0 Å². The van der Waals surface area contributed by atoms with Crippen molar-refractivity contribution in [3.8, 4) is 5.75 Å². The van der Waals surface area contributed by atoms with Crippen molar-refractivity contribution in [2.75, 3.05) is 26.7 Å². The second-order valence-electron chi connectivity index (χ2n) is 8.63. The monoisotopic (exact) mass is 390 g/mol. The largest absolute Gasteiger partial charge is 0.508 e. The molecule has 1 saturated heterocycles. The van der Waals surface area contributed by atoms with Crippen molar-refractivity contribution in [1.82, 2.24) is 9.80 Å². The fourth-order valence-electron chi connectivity index (χ4n) is 4.82. The van der Waals surface area contributed by atoms with Crippen LogP contribution < -0.4 is 0 Å². The minimum atomic E-state index is -0.0967. The summed E-state index contributed by atoms with van der Waals surface area (Å²) in [4.78, 5) is 29.0. The number of likely N-dealkylation sites (tertiary alicyclic amines) is 1.